The average molecular weight is 502 g/mol. The number of rotatable bonds is 10. The molecular weight excluding hydrogens is 472 g/mol. The number of aliphatic carboxylic acids is 1. The summed E-state index contributed by atoms with van der Waals surface area (Å²) in [6.45, 7) is 2.55. The van der Waals surface area contributed by atoms with Gasteiger partial charge in [0, 0.05) is 35.8 Å². The van der Waals surface area contributed by atoms with Crippen molar-refractivity contribution in [2.75, 3.05) is 7.11 Å². The minimum Gasteiger partial charge on any atom is -0.496 e. The molecule has 4 rings (SSSR count). The molecule has 0 saturated carbocycles. The Labute approximate surface area is 215 Å². The molecule has 37 heavy (non-hydrogen) atoms. The van der Waals surface area contributed by atoms with Crippen LogP contribution in [-0.2, 0) is 11.3 Å². The monoisotopic (exact) mass is 501 g/mol. The van der Waals surface area contributed by atoms with Crippen LogP contribution in [0.5, 0.6) is 5.75 Å². The summed E-state index contributed by atoms with van der Waals surface area (Å²) in [5.41, 5.74) is 3.39. The van der Waals surface area contributed by atoms with Gasteiger partial charge in [0.2, 0.25) is 0 Å². The molecule has 1 N–H and O–H groups in total. The highest BCUT2D eigenvalue weighted by atomic mass is 19.1. The SMILES string of the molecule is COc1ccc(C(CC(=O)O)N(Cc2ccccc2)[C@H](C)c2ccccc2)cc1-c1ccc(F)cc1F. The van der Waals surface area contributed by atoms with Gasteiger partial charge in [-0.05, 0) is 47.9 Å². The van der Waals surface area contributed by atoms with Crippen LogP contribution in [0.4, 0.5) is 8.78 Å². The second-order valence-electron chi connectivity index (χ2n) is 8.94. The first-order chi connectivity index (χ1) is 17.9. The van der Waals surface area contributed by atoms with E-state index in [1.165, 1.54) is 19.2 Å². The fourth-order valence-corrected chi connectivity index (χ4v) is 4.68. The highest BCUT2D eigenvalue weighted by Gasteiger charge is 2.29. The third-order valence-electron chi connectivity index (χ3n) is 6.59. The number of carboxylic acid groups (broad SMARTS) is 1. The second kappa shape index (κ2) is 11.8. The smallest absolute Gasteiger partial charge is 0.305 e. The first kappa shape index (κ1) is 26.0. The number of halogens is 2. The zero-order valence-corrected chi connectivity index (χ0v) is 20.8. The summed E-state index contributed by atoms with van der Waals surface area (Å²) >= 11 is 0. The molecule has 0 saturated heterocycles. The maximum Gasteiger partial charge on any atom is 0.305 e. The van der Waals surface area contributed by atoms with Gasteiger partial charge >= 0.3 is 5.97 Å². The highest BCUT2D eigenvalue weighted by Crippen LogP contribution is 2.39. The summed E-state index contributed by atoms with van der Waals surface area (Å²) in [7, 11) is 1.48. The van der Waals surface area contributed by atoms with E-state index >= 15 is 0 Å². The number of nitrogens with zero attached hydrogens (tertiary/aromatic N) is 1. The van der Waals surface area contributed by atoms with Gasteiger partial charge in [0.15, 0.2) is 0 Å². The first-order valence-corrected chi connectivity index (χ1v) is 12.1. The van der Waals surface area contributed by atoms with Crippen LogP contribution in [0.2, 0.25) is 0 Å². The van der Waals surface area contributed by atoms with Crippen LogP contribution in [0.1, 0.15) is 42.1 Å². The molecule has 4 aromatic rings. The summed E-state index contributed by atoms with van der Waals surface area (Å²) in [5.74, 6) is -1.93. The van der Waals surface area contributed by atoms with Crippen molar-refractivity contribution in [1.29, 1.82) is 0 Å². The summed E-state index contributed by atoms with van der Waals surface area (Å²) < 4.78 is 33.9. The molecule has 0 spiro atoms. The number of ether oxygens (including phenoxy) is 1. The summed E-state index contributed by atoms with van der Waals surface area (Å²) in [6.07, 6.45) is -0.165. The summed E-state index contributed by atoms with van der Waals surface area (Å²) in [5, 5.41) is 9.92. The van der Waals surface area contributed by atoms with Crippen LogP contribution in [0.25, 0.3) is 11.1 Å². The van der Waals surface area contributed by atoms with E-state index in [0.717, 1.165) is 17.2 Å². The molecule has 0 aliphatic heterocycles. The van der Waals surface area contributed by atoms with Crippen LogP contribution in [0.3, 0.4) is 0 Å². The third kappa shape index (κ3) is 6.22. The van der Waals surface area contributed by atoms with Gasteiger partial charge in [-0.3, -0.25) is 9.69 Å². The van der Waals surface area contributed by atoms with Crippen molar-refractivity contribution in [3.63, 3.8) is 0 Å². The second-order valence-corrected chi connectivity index (χ2v) is 8.94. The van der Waals surface area contributed by atoms with E-state index in [2.05, 4.69) is 11.8 Å². The Morgan fingerprint density at radius 3 is 2.16 bits per heavy atom. The normalized spacial score (nSPS) is 12.8. The van der Waals surface area contributed by atoms with Gasteiger partial charge in [-0.15, -0.1) is 0 Å². The van der Waals surface area contributed by atoms with E-state index in [1.54, 1.807) is 12.1 Å². The number of carbonyl (C=O) groups is 1. The predicted molar refractivity (Wildman–Crippen MR) is 140 cm³/mol. The van der Waals surface area contributed by atoms with Gasteiger partial charge in [-0.2, -0.15) is 0 Å². The largest absolute Gasteiger partial charge is 0.496 e. The number of benzene rings is 4. The molecule has 2 atom stereocenters. The average Bonchev–Trinajstić information content (AvgIpc) is 2.91. The van der Waals surface area contributed by atoms with Gasteiger partial charge in [0.05, 0.1) is 13.5 Å². The van der Waals surface area contributed by atoms with Crippen molar-refractivity contribution in [2.24, 2.45) is 0 Å². The van der Waals surface area contributed by atoms with Crippen LogP contribution in [0.15, 0.2) is 97.1 Å². The first-order valence-electron chi connectivity index (χ1n) is 12.1. The maximum atomic E-state index is 14.8. The number of hydrogen-bond acceptors (Lipinski definition) is 3. The van der Waals surface area contributed by atoms with Crippen LogP contribution < -0.4 is 4.74 Å². The van der Waals surface area contributed by atoms with Gasteiger partial charge in [-0.1, -0.05) is 66.7 Å². The van der Waals surface area contributed by atoms with Crippen LogP contribution in [0, 0.1) is 11.6 Å². The zero-order chi connectivity index (χ0) is 26.4. The third-order valence-corrected chi connectivity index (χ3v) is 6.59. The Bertz CT molecular complexity index is 1350. The minimum absolute atomic E-state index is 0.126. The van der Waals surface area contributed by atoms with E-state index in [1.807, 2.05) is 66.7 Å². The number of carboxylic acids is 1. The van der Waals surface area contributed by atoms with Crippen molar-refractivity contribution in [1.82, 2.24) is 4.90 Å². The van der Waals surface area contributed by atoms with Crippen molar-refractivity contribution < 1.29 is 23.4 Å². The Morgan fingerprint density at radius 1 is 0.865 bits per heavy atom. The predicted octanol–water partition coefficient (Wildman–Crippen LogP) is 7.42. The molecule has 4 aromatic carbocycles. The lowest BCUT2D eigenvalue weighted by Gasteiger charge is -2.37. The zero-order valence-electron chi connectivity index (χ0n) is 20.8. The molecule has 6 heteroatoms. The van der Waals surface area contributed by atoms with Gasteiger partial charge in [0.1, 0.15) is 17.4 Å². The molecular formula is C31H29F2NO3. The quantitative estimate of drug-likeness (QED) is 0.246. The lowest BCUT2D eigenvalue weighted by Crippen LogP contribution is -2.32. The Balaban J connectivity index is 1.85. The Kier molecular flexibility index (Phi) is 8.31. The molecule has 0 fully saturated rings. The fourth-order valence-electron chi connectivity index (χ4n) is 4.68. The van der Waals surface area contributed by atoms with Gasteiger partial charge in [-0.25, -0.2) is 8.78 Å². The molecule has 190 valence electrons. The number of methoxy groups -OCH3 is 1. The van der Waals surface area contributed by atoms with Crippen molar-refractivity contribution in [2.45, 2.75) is 32.0 Å². The molecule has 0 radical (unpaired) electrons. The van der Waals surface area contributed by atoms with Crippen LogP contribution >= 0.6 is 0 Å². The summed E-state index contributed by atoms with van der Waals surface area (Å²) in [4.78, 5) is 14.3. The Hall–Kier alpha value is -4.03. The van der Waals surface area contributed by atoms with Crippen LogP contribution in [-0.4, -0.2) is 23.1 Å². The molecule has 0 bridgehead atoms. The highest BCUT2D eigenvalue weighted by molar-refractivity contribution is 5.73. The standard InChI is InChI=1S/C31H29F2NO3/c1-21(23-11-7-4-8-12-23)34(20-22-9-5-3-6-10-22)29(19-31(35)36)24-13-16-30(37-2)27(17-24)26-15-14-25(32)18-28(26)33/h3-18,21,29H,19-20H2,1-2H3,(H,35,36)/t21-,29?/m1/s1. The van der Waals surface area contributed by atoms with Gasteiger partial charge in [0.25, 0.3) is 0 Å². The molecule has 0 aromatic heterocycles. The van der Waals surface area contributed by atoms with E-state index < -0.39 is 23.6 Å². The van der Waals surface area contributed by atoms with Crippen molar-refractivity contribution in [3.05, 3.63) is 125 Å². The molecule has 4 nitrogen and oxygen atoms in total. The van der Waals surface area contributed by atoms with E-state index in [0.29, 0.717) is 23.4 Å². The molecule has 0 aliphatic rings. The van der Waals surface area contributed by atoms with E-state index in [4.69, 9.17) is 4.74 Å². The fraction of sp³-hybridized carbons (Fsp3) is 0.194. The Morgan fingerprint density at radius 2 is 1.54 bits per heavy atom. The lowest BCUT2D eigenvalue weighted by atomic mass is 9.93. The maximum absolute atomic E-state index is 14.8. The minimum atomic E-state index is -0.950. The molecule has 0 amide bonds. The molecule has 0 aliphatic carbocycles. The molecule has 0 heterocycles. The van der Waals surface area contributed by atoms with E-state index in [9.17, 15) is 18.7 Å². The van der Waals surface area contributed by atoms with E-state index in [-0.39, 0.29) is 18.0 Å². The van der Waals surface area contributed by atoms with Crippen molar-refractivity contribution >= 4 is 5.97 Å². The lowest BCUT2D eigenvalue weighted by molar-refractivity contribution is -0.138. The van der Waals surface area contributed by atoms with Gasteiger partial charge < -0.3 is 9.84 Å². The number of hydrogen-bond donors (Lipinski definition) is 1. The summed E-state index contributed by atoms with van der Waals surface area (Å²) in [6, 6.07) is 27.8. The van der Waals surface area contributed by atoms with Crippen molar-refractivity contribution in [3.8, 4) is 16.9 Å². The topological polar surface area (TPSA) is 49.8 Å². The molecule has 1 unspecified atom stereocenters.